The van der Waals surface area contributed by atoms with Crippen LogP contribution in [0.4, 0.5) is 0 Å². The Labute approximate surface area is 101 Å². The first-order chi connectivity index (χ1) is 8.16. The Morgan fingerprint density at radius 3 is 2.88 bits per heavy atom. The van der Waals surface area contributed by atoms with Crippen LogP contribution in [0, 0.1) is 11.8 Å². The minimum atomic E-state index is -0.447. The Morgan fingerprint density at radius 1 is 1.41 bits per heavy atom. The molecule has 5 nitrogen and oxygen atoms in total. The van der Waals surface area contributed by atoms with Crippen LogP contribution in [-0.4, -0.2) is 23.4 Å². The molecule has 1 saturated heterocycles. The summed E-state index contributed by atoms with van der Waals surface area (Å²) in [6, 6.07) is 0. The van der Waals surface area contributed by atoms with Crippen LogP contribution < -0.4 is 5.73 Å². The number of ether oxygens (including phenoxy) is 1. The smallest absolute Gasteiger partial charge is 0.246 e. The maximum absolute atomic E-state index is 6.24. The van der Waals surface area contributed by atoms with Crippen molar-refractivity contribution >= 4 is 0 Å². The summed E-state index contributed by atoms with van der Waals surface area (Å²) in [5.74, 6) is 2.40. The van der Waals surface area contributed by atoms with Gasteiger partial charge in [-0.05, 0) is 38.0 Å². The van der Waals surface area contributed by atoms with Crippen LogP contribution in [-0.2, 0) is 16.7 Å². The van der Waals surface area contributed by atoms with Crippen molar-refractivity contribution < 1.29 is 9.26 Å². The second-order valence-electron chi connectivity index (χ2n) is 5.51. The summed E-state index contributed by atoms with van der Waals surface area (Å²) in [6.45, 7) is 3.65. The molecule has 2 unspecified atom stereocenters. The molecule has 3 rings (SSSR count). The van der Waals surface area contributed by atoms with E-state index in [0.717, 1.165) is 31.9 Å². The fraction of sp³-hybridized carbons (Fsp3) is 0.833. The van der Waals surface area contributed by atoms with E-state index in [-0.39, 0.29) is 0 Å². The number of hydrogen-bond acceptors (Lipinski definition) is 5. The SMILES string of the molecule is CC(N)(c1nc(CC2CCOC2)no1)C1CC1. The molecule has 2 aliphatic rings. The van der Waals surface area contributed by atoms with Gasteiger partial charge in [-0.1, -0.05) is 5.16 Å². The molecule has 1 saturated carbocycles. The molecule has 0 aromatic carbocycles. The van der Waals surface area contributed by atoms with Crippen LogP contribution in [0.1, 0.15) is 37.9 Å². The Kier molecular flexibility index (Phi) is 2.67. The number of hydrogen-bond donors (Lipinski definition) is 1. The molecule has 1 aliphatic heterocycles. The van der Waals surface area contributed by atoms with Crippen LogP contribution in [0.5, 0.6) is 0 Å². The van der Waals surface area contributed by atoms with Crippen LogP contribution in [0.2, 0.25) is 0 Å². The summed E-state index contributed by atoms with van der Waals surface area (Å²) in [5.41, 5.74) is 5.80. The molecular weight excluding hydrogens is 218 g/mol. The topological polar surface area (TPSA) is 74.2 Å². The van der Waals surface area contributed by atoms with Gasteiger partial charge in [-0.15, -0.1) is 0 Å². The molecular formula is C12H19N3O2. The molecule has 5 heteroatoms. The van der Waals surface area contributed by atoms with Gasteiger partial charge in [-0.2, -0.15) is 4.98 Å². The third-order valence-corrected chi connectivity index (χ3v) is 3.85. The van der Waals surface area contributed by atoms with Gasteiger partial charge >= 0.3 is 0 Å². The molecule has 0 bridgehead atoms. The molecule has 1 aromatic heterocycles. The van der Waals surface area contributed by atoms with Crippen molar-refractivity contribution in [3.63, 3.8) is 0 Å². The fourth-order valence-electron chi connectivity index (χ4n) is 2.42. The lowest BCUT2D eigenvalue weighted by Gasteiger charge is -2.18. The monoisotopic (exact) mass is 237 g/mol. The average Bonchev–Trinajstić information content (AvgIpc) is 2.85. The minimum Gasteiger partial charge on any atom is -0.381 e. The van der Waals surface area contributed by atoms with E-state index in [9.17, 15) is 0 Å². The van der Waals surface area contributed by atoms with Gasteiger partial charge in [0.15, 0.2) is 5.82 Å². The lowest BCUT2D eigenvalue weighted by Crippen LogP contribution is -2.35. The van der Waals surface area contributed by atoms with E-state index in [0.29, 0.717) is 17.7 Å². The third-order valence-electron chi connectivity index (χ3n) is 3.85. The average molecular weight is 237 g/mol. The largest absolute Gasteiger partial charge is 0.381 e. The summed E-state index contributed by atoms with van der Waals surface area (Å²) >= 11 is 0. The zero-order valence-corrected chi connectivity index (χ0v) is 10.2. The molecule has 17 heavy (non-hydrogen) atoms. The first kappa shape index (κ1) is 11.2. The van der Waals surface area contributed by atoms with Gasteiger partial charge in [0, 0.05) is 19.6 Å². The number of rotatable bonds is 4. The Bertz CT molecular complexity index is 392. The quantitative estimate of drug-likeness (QED) is 0.852. The van der Waals surface area contributed by atoms with Gasteiger partial charge in [0.25, 0.3) is 0 Å². The molecule has 0 amide bonds. The molecule has 1 aromatic rings. The highest BCUT2D eigenvalue weighted by Gasteiger charge is 2.43. The van der Waals surface area contributed by atoms with E-state index in [1.807, 2.05) is 6.92 Å². The lowest BCUT2D eigenvalue weighted by atomic mass is 9.97. The maximum Gasteiger partial charge on any atom is 0.246 e. The summed E-state index contributed by atoms with van der Waals surface area (Å²) < 4.78 is 10.7. The van der Waals surface area contributed by atoms with Crippen molar-refractivity contribution in [2.75, 3.05) is 13.2 Å². The standard InChI is InChI=1S/C12H19N3O2/c1-12(13,9-2-3-9)11-14-10(15-17-11)6-8-4-5-16-7-8/h8-9H,2-7,13H2,1H3. The first-order valence-electron chi connectivity index (χ1n) is 6.36. The summed E-state index contributed by atoms with van der Waals surface area (Å²) in [5, 5.41) is 4.03. The van der Waals surface area contributed by atoms with Crippen molar-refractivity contribution in [1.29, 1.82) is 0 Å². The second-order valence-corrected chi connectivity index (χ2v) is 5.51. The Morgan fingerprint density at radius 2 is 2.24 bits per heavy atom. The normalized spacial score (nSPS) is 28.2. The molecule has 1 aliphatic carbocycles. The van der Waals surface area contributed by atoms with Gasteiger partial charge in [0.1, 0.15) is 0 Å². The summed E-state index contributed by atoms with van der Waals surface area (Å²) in [7, 11) is 0. The molecule has 2 heterocycles. The predicted molar refractivity (Wildman–Crippen MR) is 61.2 cm³/mol. The Hall–Kier alpha value is -0.940. The van der Waals surface area contributed by atoms with E-state index < -0.39 is 5.54 Å². The Balaban J connectivity index is 1.69. The van der Waals surface area contributed by atoms with Crippen LogP contribution in [0.25, 0.3) is 0 Å². The van der Waals surface area contributed by atoms with Gasteiger partial charge in [0.2, 0.25) is 5.89 Å². The highest BCUT2D eigenvalue weighted by molar-refractivity contribution is 5.07. The highest BCUT2D eigenvalue weighted by Crippen LogP contribution is 2.43. The fourth-order valence-corrected chi connectivity index (χ4v) is 2.42. The third kappa shape index (κ3) is 2.21. The van der Waals surface area contributed by atoms with E-state index in [4.69, 9.17) is 15.0 Å². The molecule has 2 atom stereocenters. The summed E-state index contributed by atoms with van der Waals surface area (Å²) in [6.07, 6.45) is 4.26. The lowest BCUT2D eigenvalue weighted by molar-refractivity contribution is 0.185. The molecule has 94 valence electrons. The van der Waals surface area contributed by atoms with Crippen LogP contribution in [0.3, 0.4) is 0 Å². The van der Waals surface area contributed by atoms with Crippen LogP contribution >= 0.6 is 0 Å². The van der Waals surface area contributed by atoms with Gasteiger partial charge in [0.05, 0.1) is 5.54 Å². The van der Waals surface area contributed by atoms with Crippen molar-refractivity contribution in [2.24, 2.45) is 17.6 Å². The van der Waals surface area contributed by atoms with E-state index in [2.05, 4.69) is 10.1 Å². The first-order valence-corrected chi connectivity index (χ1v) is 6.36. The molecule has 0 spiro atoms. The predicted octanol–water partition coefficient (Wildman–Crippen LogP) is 1.23. The zero-order chi connectivity index (χ0) is 11.9. The van der Waals surface area contributed by atoms with Crippen molar-refractivity contribution in [3.8, 4) is 0 Å². The minimum absolute atomic E-state index is 0.447. The number of aromatic nitrogens is 2. The van der Waals surface area contributed by atoms with E-state index >= 15 is 0 Å². The van der Waals surface area contributed by atoms with E-state index in [1.54, 1.807) is 0 Å². The molecule has 2 N–H and O–H groups in total. The summed E-state index contributed by atoms with van der Waals surface area (Å²) in [4.78, 5) is 4.45. The molecule has 0 radical (unpaired) electrons. The van der Waals surface area contributed by atoms with Gasteiger partial charge in [-0.25, -0.2) is 0 Å². The van der Waals surface area contributed by atoms with Gasteiger partial charge < -0.3 is 15.0 Å². The highest BCUT2D eigenvalue weighted by atomic mass is 16.5. The zero-order valence-electron chi connectivity index (χ0n) is 10.2. The van der Waals surface area contributed by atoms with Crippen molar-refractivity contribution in [2.45, 2.75) is 38.1 Å². The van der Waals surface area contributed by atoms with Crippen LogP contribution in [0.15, 0.2) is 4.52 Å². The second kappa shape index (κ2) is 4.07. The van der Waals surface area contributed by atoms with Crippen molar-refractivity contribution in [1.82, 2.24) is 10.1 Å². The maximum atomic E-state index is 6.24. The number of nitrogens with zero attached hydrogens (tertiary/aromatic N) is 2. The van der Waals surface area contributed by atoms with Crippen molar-refractivity contribution in [3.05, 3.63) is 11.7 Å². The molecule has 2 fully saturated rings. The number of nitrogens with two attached hydrogens (primary N) is 1. The van der Waals surface area contributed by atoms with E-state index in [1.165, 1.54) is 12.8 Å². The van der Waals surface area contributed by atoms with Gasteiger partial charge in [-0.3, -0.25) is 0 Å².